The molecule has 0 unspecified atom stereocenters. The van der Waals surface area contributed by atoms with Crippen molar-refractivity contribution >= 4 is 35.3 Å². The summed E-state index contributed by atoms with van der Waals surface area (Å²) in [5.74, 6) is 0.379. The number of amides is 1. The summed E-state index contributed by atoms with van der Waals surface area (Å²) in [6.45, 7) is 3.62. The summed E-state index contributed by atoms with van der Waals surface area (Å²) in [6, 6.07) is 5.76. The van der Waals surface area contributed by atoms with E-state index in [-0.39, 0.29) is 17.7 Å². The highest BCUT2D eigenvalue weighted by atomic mass is 35.5. The van der Waals surface area contributed by atoms with Gasteiger partial charge < -0.3 is 4.52 Å². The molecule has 2 aromatic heterocycles. The second-order valence-corrected chi connectivity index (χ2v) is 6.30. The minimum atomic E-state index is -0.249. The molecule has 7 nitrogen and oxygen atoms in total. The number of halogens is 1. The third-order valence-electron chi connectivity index (χ3n) is 3.21. The molecule has 0 fully saturated rings. The molecule has 1 aromatic carbocycles. The molecule has 0 saturated carbocycles. The van der Waals surface area contributed by atoms with Crippen LogP contribution in [0.5, 0.6) is 0 Å². The molecule has 0 spiro atoms. The number of nitrogens with one attached hydrogen (secondary N) is 1. The molecule has 1 N–H and O–H groups in total. The van der Waals surface area contributed by atoms with Gasteiger partial charge >= 0.3 is 6.01 Å². The monoisotopic (exact) mass is 363 g/mol. The van der Waals surface area contributed by atoms with E-state index in [0.29, 0.717) is 16.0 Å². The fourth-order valence-corrected chi connectivity index (χ4v) is 3.01. The molecular formula is C15H14ClN5O2S. The number of aryl methyl sites for hydroxylation is 1. The van der Waals surface area contributed by atoms with Gasteiger partial charge in [-0.25, -0.2) is 4.98 Å². The molecule has 1 amide bonds. The van der Waals surface area contributed by atoms with Crippen LogP contribution in [0.3, 0.4) is 0 Å². The first kappa shape index (κ1) is 16.5. The van der Waals surface area contributed by atoms with Crippen LogP contribution in [0.2, 0.25) is 5.02 Å². The molecule has 3 rings (SSSR count). The number of carbonyl (C=O) groups excluding carboxylic acids is 1. The molecule has 9 heteroatoms. The number of rotatable bonds is 5. The topological polar surface area (TPSA) is 85.8 Å². The first-order valence-corrected chi connectivity index (χ1v) is 8.43. The highest BCUT2D eigenvalue weighted by molar-refractivity contribution is 7.99. The second-order valence-electron chi connectivity index (χ2n) is 4.95. The molecule has 0 saturated heterocycles. The van der Waals surface area contributed by atoms with Gasteiger partial charge in [0.2, 0.25) is 5.91 Å². The molecule has 2 heterocycles. The van der Waals surface area contributed by atoms with Gasteiger partial charge in [-0.3, -0.25) is 14.7 Å². The van der Waals surface area contributed by atoms with Gasteiger partial charge in [0.05, 0.1) is 11.4 Å². The summed E-state index contributed by atoms with van der Waals surface area (Å²) in [5, 5.41) is 7.54. The van der Waals surface area contributed by atoms with Gasteiger partial charge in [-0.1, -0.05) is 34.6 Å². The Bertz CT molecular complexity index is 876. The Hall–Kier alpha value is -2.32. The second kappa shape index (κ2) is 7.06. The number of benzene rings is 1. The van der Waals surface area contributed by atoms with E-state index < -0.39 is 0 Å². The predicted molar refractivity (Wildman–Crippen MR) is 91.7 cm³/mol. The van der Waals surface area contributed by atoms with Crippen molar-refractivity contribution in [2.24, 2.45) is 0 Å². The minimum absolute atomic E-state index is 0.0899. The summed E-state index contributed by atoms with van der Waals surface area (Å²) < 4.78 is 6.75. The van der Waals surface area contributed by atoms with Crippen LogP contribution in [0.15, 0.2) is 40.3 Å². The maximum atomic E-state index is 12.0. The van der Waals surface area contributed by atoms with E-state index in [1.807, 2.05) is 35.9 Å². The third kappa shape index (κ3) is 3.60. The summed E-state index contributed by atoms with van der Waals surface area (Å²) in [6.07, 6.45) is 3.52. The van der Waals surface area contributed by atoms with Crippen LogP contribution in [0, 0.1) is 13.8 Å². The summed E-state index contributed by atoms with van der Waals surface area (Å²) in [7, 11) is 0. The fourth-order valence-electron chi connectivity index (χ4n) is 2.07. The van der Waals surface area contributed by atoms with Crippen LogP contribution in [0.4, 0.5) is 6.01 Å². The van der Waals surface area contributed by atoms with Crippen molar-refractivity contribution in [2.75, 3.05) is 11.1 Å². The molecule has 124 valence electrons. The highest BCUT2D eigenvalue weighted by Gasteiger charge is 2.13. The van der Waals surface area contributed by atoms with Gasteiger partial charge in [0.25, 0.3) is 0 Å². The lowest BCUT2D eigenvalue weighted by atomic mass is 10.2. The zero-order valence-corrected chi connectivity index (χ0v) is 14.6. The molecule has 0 radical (unpaired) electrons. The van der Waals surface area contributed by atoms with Crippen LogP contribution >= 0.6 is 23.4 Å². The normalized spacial score (nSPS) is 10.8. The summed E-state index contributed by atoms with van der Waals surface area (Å²) in [4.78, 5) is 20.2. The Morgan fingerprint density at radius 3 is 3.00 bits per heavy atom. The van der Waals surface area contributed by atoms with Gasteiger partial charge in [0.15, 0.2) is 11.0 Å². The predicted octanol–water partition coefficient (Wildman–Crippen LogP) is 3.26. The Labute approximate surface area is 147 Å². The first-order chi connectivity index (χ1) is 11.5. The van der Waals surface area contributed by atoms with Crippen molar-refractivity contribution in [3.8, 4) is 5.69 Å². The first-order valence-electron chi connectivity index (χ1n) is 7.06. The van der Waals surface area contributed by atoms with Gasteiger partial charge in [0.1, 0.15) is 0 Å². The number of anilines is 1. The van der Waals surface area contributed by atoms with E-state index in [1.165, 1.54) is 11.8 Å². The standard InChI is InChI=1S/C15H14ClN5O2S/c1-9-11(16)4-3-5-12(9)21-7-6-17-15(21)24-8-13(22)19-14-18-10(2)20-23-14/h3-7H,8H2,1-2H3,(H,18,19,20,22). The van der Waals surface area contributed by atoms with Crippen molar-refractivity contribution in [1.29, 1.82) is 0 Å². The van der Waals surface area contributed by atoms with Crippen LogP contribution in [0.25, 0.3) is 5.69 Å². The van der Waals surface area contributed by atoms with E-state index in [2.05, 4.69) is 20.4 Å². The van der Waals surface area contributed by atoms with Gasteiger partial charge in [0, 0.05) is 17.4 Å². The van der Waals surface area contributed by atoms with Crippen molar-refractivity contribution in [2.45, 2.75) is 19.0 Å². The number of imidazole rings is 1. The van der Waals surface area contributed by atoms with E-state index in [1.54, 1.807) is 13.1 Å². The van der Waals surface area contributed by atoms with Crippen molar-refractivity contribution in [1.82, 2.24) is 19.7 Å². The third-order valence-corrected chi connectivity index (χ3v) is 4.59. The van der Waals surface area contributed by atoms with E-state index in [4.69, 9.17) is 16.1 Å². The largest absolute Gasteiger partial charge is 0.328 e. The number of nitrogens with zero attached hydrogens (tertiary/aromatic N) is 4. The van der Waals surface area contributed by atoms with Crippen LogP contribution < -0.4 is 5.32 Å². The number of thioether (sulfide) groups is 1. The van der Waals surface area contributed by atoms with Crippen LogP contribution in [-0.4, -0.2) is 31.4 Å². The molecule has 0 atom stereocenters. The van der Waals surface area contributed by atoms with E-state index >= 15 is 0 Å². The van der Waals surface area contributed by atoms with Gasteiger partial charge in [-0.15, -0.1) is 0 Å². The van der Waals surface area contributed by atoms with E-state index in [9.17, 15) is 4.79 Å². The lowest BCUT2D eigenvalue weighted by molar-refractivity contribution is -0.114. The summed E-state index contributed by atoms with van der Waals surface area (Å²) >= 11 is 7.48. The van der Waals surface area contributed by atoms with Crippen molar-refractivity contribution in [3.63, 3.8) is 0 Å². The molecule has 3 aromatic rings. The number of hydrogen-bond acceptors (Lipinski definition) is 6. The lowest BCUT2D eigenvalue weighted by Gasteiger charge is -2.11. The zero-order chi connectivity index (χ0) is 17.1. The fraction of sp³-hybridized carbons (Fsp3) is 0.200. The average Bonchev–Trinajstić information content (AvgIpc) is 3.17. The quantitative estimate of drug-likeness (QED) is 0.700. The SMILES string of the molecule is Cc1noc(NC(=O)CSc2nccn2-c2cccc(Cl)c2C)n1. The van der Waals surface area contributed by atoms with Crippen LogP contribution in [0.1, 0.15) is 11.4 Å². The van der Waals surface area contributed by atoms with Crippen molar-refractivity contribution < 1.29 is 9.32 Å². The lowest BCUT2D eigenvalue weighted by Crippen LogP contribution is -2.14. The minimum Gasteiger partial charge on any atom is -0.315 e. The zero-order valence-electron chi connectivity index (χ0n) is 13.0. The Balaban J connectivity index is 1.70. The number of carbonyl (C=O) groups is 1. The van der Waals surface area contributed by atoms with E-state index in [0.717, 1.165) is 11.3 Å². The number of hydrogen-bond donors (Lipinski definition) is 1. The smallest absolute Gasteiger partial charge is 0.315 e. The maximum Gasteiger partial charge on any atom is 0.328 e. The molecule has 0 aliphatic carbocycles. The Morgan fingerprint density at radius 2 is 2.25 bits per heavy atom. The van der Waals surface area contributed by atoms with Gasteiger partial charge in [-0.05, 0) is 31.5 Å². The van der Waals surface area contributed by atoms with Crippen molar-refractivity contribution in [3.05, 3.63) is 47.0 Å². The molecule has 0 aliphatic heterocycles. The van der Waals surface area contributed by atoms with Gasteiger partial charge in [-0.2, -0.15) is 4.98 Å². The highest BCUT2D eigenvalue weighted by Crippen LogP contribution is 2.26. The molecular weight excluding hydrogens is 350 g/mol. The average molecular weight is 364 g/mol. The van der Waals surface area contributed by atoms with Crippen LogP contribution in [-0.2, 0) is 4.79 Å². The maximum absolute atomic E-state index is 12.0. The molecule has 0 bridgehead atoms. The molecule has 24 heavy (non-hydrogen) atoms. The Kier molecular flexibility index (Phi) is 4.86. The molecule has 0 aliphatic rings. The number of aromatic nitrogens is 4. The Morgan fingerprint density at radius 1 is 1.42 bits per heavy atom. The summed E-state index contributed by atoms with van der Waals surface area (Å²) in [5.41, 5.74) is 1.88.